The average Bonchev–Trinajstić information content (AvgIpc) is 2.79. The van der Waals surface area contributed by atoms with Crippen LogP contribution in [-0.2, 0) is 0 Å². The number of halogens is 2. The topological polar surface area (TPSA) is 160 Å². The van der Waals surface area contributed by atoms with Gasteiger partial charge in [0.1, 0.15) is 0 Å². The van der Waals surface area contributed by atoms with Crippen LogP contribution in [0.15, 0.2) is 32.6 Å². The lowest BCUT2D eigenvalue weighted by Crippen LogP contribution is -2.35. The first kappa shape index (κ1) is 28.6. The van der Waals surface area contributed by atoms with Crippen molar-refractivity contribution in [3.8, 4) is 17.3 Å². The number of carboxylic acids is 1. The molecule has 0 radical (unpaired) electrons. The number of aromatic carboxylic acids is 1. The number of ether oxygens (including phenoxy) is 1. The van der Waals surface area contributed by atoms with Crippen LogP contribution in [0.5, 0.6) is 11.6 Å². The van der Waals surface area contributed by atoms with Crippen LogP contribution in [0.2, 0.25) is 10.0 Å². The number of benzene rings is 1. The minimum atomic E-state index is -1.62. The molecule has 1 aromatic carbocycles. The van der Waals surface area contributed by atoms with Crippen molar-refractivity contribution in [3.63, 3.8) is 0 Å². The van der Waals surface area contributed by atoms with Gasteiger partial charge in [-0.2, -0.15) is 9.78 Å². The molecule has 184 valence electrons. The minimum Gasteiger partial charge on any atom is -0.476 e. The molecule has 0 bridgehead atoms. The molecule has 2 heterocycles. The first-order valence-electron chi connectivity index (χ1n) is 10.3. The van der Waals surface area contributed by atoms with Crippen molar-refractivity contribution in [2.75, 3.05) is 0 Å². The zero-order valence-corrected chi connectivity index (χ0v) is 20.9. The van der Waals surface area contributed by atoms with E-state index < -0.39 is 22.9 Å². The number of hydrogen-bond donors (Lipinski definition) is 3. The van der Waals surface area contributed by atoms with E-state index in [2.05, 4.69) is 15.3 Å². The fraction of sp³-hybridized carbons (Fsp3) is 0.333. The summed E-state index contributed by atoms with van der Waals surface area (Å²) in [4.78, 5) is 48.3. The summed E-state index contributed by atoms with van der Waals surface area (Å²) in [6, 6.07) is 3.91. The van der Waals surface area contributed by atoms with E-state index in [0.717, 1.165) is 0 Å². The van der Waals surface area contributed by atoms with Gasteiger partial charge >= 0.3 is 11.7 Å². The second kappa shape index (κ2) is 12.7. The molecule has 0 unspecified atom stereocenters. The summed E-state index contributed by atoms with van der Waals surface area (Å²) in [7, 11) is 0. The second-order valence-electron chi connectivity index (χ2n) is 6.31. The van der Waals surface area contributed by atoms with Gasteiger partial charge in [-0.15, -0.1) is 5.10 Å². The number of H-pyrrole nitrogens is 2. The van der Waals surface area contributed by atoms with Crippen LogP contribution >= 0.6 is 23.2 Å². The first-order chi connectivity index (χ1) is 16.1. The van der Waals surface area contributed by atoms with Crippen LogP contribution in [0.1, 0.15) is 63.5 Å². The van der Waals surface area contributed by atoms with Crippen molar-refractivity contribution >= 4 is 29.2 Å². The van der Waals surface area contributed by atoms with E-state index in [-0.39, 0.29) is 38.8 Å². The molecule has 0 saturated carbocycles. The summed E-state index contributed by atoms with van der Waals surface area (Å²) in [5.41, 5.74) is -2.96. The normalized spacial score (nSPS) is 10.0. The van der Waals surface area contributed by atoms with Crippen LogP contribution < -0.4 is 21.5 Å². The molecule has 34 heavy (non-hydrogen) atoms. The fourth-order valence-electron chi connectivity index (χ4n) is 2.47. The maximum Gasteiger partial charge on any atom is 0.362 e. The Morgan fingerprint density at radius 3 is 2.09 bits per heavy atom. The van der Waals surface area contributed by atoms with Crippen LogP contribution in [0, 0.1) is 0 Å². The number of nitrogens with one attached hydrogen (secondary N) is 2. The van der Waals surface area contributed by atoms with Crippen LogP contribution in [0.3, 0.4) is 0 Å². The maximum atomic E-state index is 12.0. The predicted octanol–water partition coefficient (Wildman–Crippen LogP) is 3.98. The van der Waals surface area contributed by atoms with Gasteiger partial charge in [-0.1, -0.05) is 64.7 Å². The van der Waals surface area contributed by atoms with Gasteiger partial charge in [-0.3, -0.25) is 14.6 Å². The summed E-state index contributed by atoms with van der Waals surface area (Å²) in [6.45, 7) is 11.6. The quantitative estimate of drug-likeness (QED) is 0.461. The molecule has 0 spiro atoms. The van der Waals surface area contributed by atoms with Gasteiger partial charge in [-0.05, 0) is 18.1 Å². The molecular formula is C21H25Cl2N5O6. The predicted molar refractivity (Wildman–Crippen MR) is 129 cm³/mol. The Balaban J connectivity index is 0.00000137. The Morgan fingerprint density at radius 1 is 1.03 bits per heavy atom. The summed E-state index contributed by atoms with van der Waals surface area (Å²) < 4.78 is 6.21. The van der Waals surface area contributed by atoms with Crippen LogP contribution in [0.25, 0.3) is 5.69 Å². The molecule has 3 rings (SSSR count). The summed E-state index contributed by atoms with van der Waals surface area (Å²) in [6.07, 6.45) is 0. The molecule has 0 amide bonds. The van der Waals surface area contributed by atoms with Gasteiger partial charge in [0.15, 0.2) is 5.75 Å². The highest BCUT2D eigenvalue weighted by Crippen LogP contribution is 2.37. The molecular weight excluding hydrogens is 489 g/mol. The summed E-state index contributed by atoms with van der Waals surface area (Å²) >= 11 is 12.4. The number of rotatable bonds is 5. The van der Waals surface area contributed by atoms with Gasteiger partial charge < -0.3 is 9.84 Å². The van der Waals surface area contributed by atoms with E-state index >= 15 is 0 Å². The van der Waals surface area contributed by atoms with Crippen molar-refractivity contribution < 1.29 is 14.6 Å². The lowest BCUT2D eigenvalue weighted by atomic mass is 10.1. The standard InChI is InChI=1S/C17H13Cl2N5O6.2C2H6/c1-6(2)8-5-11(21-22-14(8)25)30-13-9(18)3-7(4-10(13)19)24-17(29)20-15(26)12(23-24)16(27)28;2*1-2/h3-6H,1-2H3,(H,22,25)(H,27,28)(H,20,26,29);2*1-2H3. The molecule has 0 fully saturated rings. The Hall–Kier alpha value is -3.44. The Labute approximate surface area is 204 Å². The van der Waals surface area contributed by atoms with Crippen molar-refractivity contribution in [1.82, 2.24) is 25.0 Å². The van der Waals surface area contributed by atoms with E-state index in [1.807, 2.05) is 46.5 Å². The third-order valence-corrected chi connectivity index (χ3v) is 4.46. The number of carbonyl (C=O) groups is 1. The minimum absolute atomic E-state index is 0.0154. The molecule has 2 aromatic heterocycles. The van der Waals surface area contributed by atoms with E-state index in [4.69, 9.17) is 33.0 Å². The largest absolute Gasteiger partial charge is 0.476 e. The molecule has 0 atom stereocenters. The molecule has 11 nitrogen and oxygen atoms in total. The molecule has 0 aliphatic carbocycles. The van der Waals surface area contributed by atoms with Crippen LogP contribution in [-0.4, -0.2) is 36.0 Å². The molecule has 0 aliphatic heterocycles. The third-order valence-electron chi connectivity index (χ3n) is 3.90. The lowest BCUT2D eigenvalue weighted by Gasteiger charge is -2.12. The molecule has 3 aromatic rings. The van der Waals surface area contributed by atoms with E-state index in [9.17, 15) is 19.2 Å². The zero-order valence-electron chi connectivity index (χ0n) is 19.4. The summed E-state index contributed by atoms with van der Waals surface area (Å²) in [5.74, 6) is -1.70. The monoisotopic (exact) mass is 513 g/mol. The van der Waals surface area contributed by atoms with E-state index in [0.29, 0.717) is 10.2 Å². The average molecular weight is 514 g/mol. The van der Waals surface area contributed by atoms with Crippen molar-refractivity contribution in [2.45, 2.75) is 47.5 Å². The first-order valence-corrected chi connectivity index (χ1v) is 11.1. The highest BCUT2D eigenvalue weighted by atomic mass is 35.5. The third kappa shape index (κ3) is 6.55. The number of aromatic amines is 2. The Kier molecular flexibility index (Phi) is 10.7. The summed E-state index contributed by atoms with van der Waals surface area (Å²) in [5, 5.41) is 18.5. The smallest absolute Gasteiger partial charge is 0.362 e. The van der Waals surface area contributed by atoms with E-state index in [1.165, 1.54) is 18.2 Å². The second-order valence-corrected chi connectivity index (χ2v) is 7.13. The Morgan fingerprint density at radius 2 is 1.59 bits per heavy atom. The van der Waals surface area contributed by atoms with Crippen molar-refractivity contribution in [3.05, 3.63) is 70.7 Å². The van der Waals surface area contributed by atoms with Crippen LogP contribution in [0.4, 0.5) is 0 Å². The van der Waals surface area contributed by atoms with Gasteiger partial charge in [0.25, 0.3) is 11.1 Å². The maximum absolute atomic E-state index is 12.0. The van der Waals surface area contributed by atoms with Crippen molar-refractivity contribution in [2.24, 2.45) is 0 Å². The molecule has 0 saturated heterocycles. The Bertz CT molecular complexity index is 1310. The highest BCUT2D eigenvalue weighted by molar-refractivity contribution is 6.37. The number of hydrogen-bond acceptors (Lipinski definition) is 7. The fourth-order valence-corrected chi connectivity index (χ4v) is 3.02. The lowest BCUT2D eigenvalue weighted by molar-refractivity contribution is 0.0685. The van der Waals surface area contributed by atoms with Crippen molar-refractivity contribution in [1.29, 1.82) is 0 Å². The van der Waals surface area contributed by atoms with E-state index in [1.54, 1.807) is 0 Å². The van der Waals surface area contributed by atoms with Gasteiger partial charge in [0.05, 0.1) is 15.7 Å². The number of aromatic nitrogens is 5. The number of nitrogens with zero attached hydrogens (tertiary/aromatic N) is 3. The zero-order chi connectivity index (χ0) is 26.2. The molecule has 3 N–H and O–H groups in total. The van der Waals surface area contributed by atoms with Gasteiger partial charge in [0, 0.05) is 11.6 Å². The molecule has 0 aliphatic rings. The van der Waals surface area contributed by atoms with Gasteiger partial charge in [0.2, 0.25) is 11.6 Å². The van der Waals surface area contributed by atoms with Gasteiger partial charge in [-0.25, -0.2) is 14.7 Å². The molecule has 13 heteroatoms. The highest BCUT2D eigenvalue weighted by Gasteiger charge is 2.18. The SMILES string of the molecule is CC.CC.CC(C)c1cc(Oc2c(Cl)cc(-n3nc(C(=O)O)c(=O)[nH]c3=O)cc2Cl)n[nH]c1=O. The number of carboxylic acid groups (broad SMARTS) is 1.